The van der Waals surface area contributed by atoms with Crippen molar-refractivity contribution in [2.24, 2.45) is 0 Å². The van der Waals surface area contributed by atoms with Crippen LogP contribution in [0.25, 0.3) is 0 Å². The number of methoxy groups -OCH3 is 1. The number of hydrogen-bond donors (Lipinski definition) is 0. The van der Waals surface area contributed by atoms with E-state index in [1.54, 1.807) is 7.11 Å². The van der Waals surface area contributed by atoms with E-state index < -0.39 is 5.31 Å². The van der Waals surface area contributed by atoms with Crippen LogP contribution in [0.4, 0.5) is 0 Å². The second-order valence-corrected chi connectivity index (χ2v) is 17.8. The van der Waals surface area contributed by atoms with E-state index >= 15 is 0 Å². The molecular weight excluding hydrogens is 559 g/mol. The summed E-state index contributed by atoms with van der Waals surface area (Å²) in [6.45, 7) is 1.07. The predicted octanol–water partition coefficient (Wildman–Crippen LogP) is 6.81. The Labute approximate surface area is 212 Å². The summed E-state index contributed by atoms with van der Waals surface area (Å²) in [5.74, 6) is 0.836. The monoisotopic (exact) mass is 584 g/mol. The number of benzene rings is 4. The van der Waals surface area contributed by atoms with Gasteiger partial charge in [-0.3, -0.25) is 0 Å². The second-order valence-electron chi connectivity index (χ2n) is 7.98. The molecule has 170 valence electrons. The predicted molar refractivity (Wildman–Crippen MR) is 149 cm³/mol. The molecule has 4 aromatic rings. The Morgan fingerprint density at radius 1 is 0.667 bits per heavy atom. The molecule has 0 aliphatic carbocycles. The van der Waals surface area contributed by atoms with Gasteiger partial charge in [0.25, 0.3) is 0 Å². The summed E-state index contributed by atoms with van der Waals surface area (Å²) < 4.78 is 12.1. The van der Waals surface area contributed by atoms with Gasteiger partial charge in [0.15, 0.2) is 0 Å². The first-order chi connectivity index (χ1) is 16.0. The molecule has 0 N–H and O–H groups in total. The van der Waals surface area contributed by atoms with E-state index in [9.17, 15) is 0 Å². The Morgan fingerprint density at radius 3 is 1.61 bits per heavy atom. The first kappa shape index (κ1) is 24.2. The van der Waals surface area contributed by atoms with Crippen molar-refractivity contribution in [2.45, 2.75) is 6.16 Å². The quantitative estimate of drug-likeness (QED) is 0.159. The van der Waals surface area contributed by atoms with E-state index in [4.69, 9.17) is 9.47 Å². The van der Waals surface area contributed by atoms with E-state index in [0.717, 1.165) is 16.4 Å². The first-order valence-electron chi connectivity index (χ1n) is 10.9. The standard InChI is InChI=1S/C28H27Br2O2P/c1-31-17-18-32-25-20-23(19-24(29)21-25)22-33(30,26-11-5-2-6-12-26,27-13-7-3-8-14-27)28-15-9-4-10-16-28/h2-16,19-21H,17-18,22H2,1H3. The summed E-state index contributed by atoms with van der Waals surface area (Å²) in [6.07, 6.45) is 0.809. The molecule has 0 saturated carbocycles. The fraction of sp³-hybridized carbons (Fsp3) is 0.143. The van der Waals surface area contributed by atoms with Gasteiger partial charge in [0.2, 0.25) is 0 Å². The molecule has 0 saturated heterocycles. The molecular formula is C28H27Br2O2P. The van der Waals surface area contributed by atoms with Gasteiger partial charge in [-0.2, -0.15) is 0 Å². The van der Waals surface area contributed by atoms with Crippen molar-refractivity contribution in [1.29, 1.82) is 0 Å². The van der Waals surface area contributed by atoms with Crippen molar-refractivity contribution >= 4 is 52.6 Å². The summed E-state index contributed by atoms with van der Waals surface area (Å²) in [6, 6.07) is 38.9. The molecule has 0 radical (unpaired) electrons. The van der Waals surface area contributed by atoms with Crippen LogP contribution in [0.15, 0.2) is 114 Å². The average molecular weight is 586 g/mol. The van der Waals surface area contributed by atoms with Crippen LogP contribution in [-0.2, 0) is 10.9 Å². The van der Waals surface area contributed by atoms with Crippen LogP contribution in [0.5, 0.6) is 5.75 Å². The molecule has 0 spiro atoms. The summed E-state index contributed by atoms with van der Waals surface area (Å²) >= 11 is 8.23. The van der Waals surface area contributed by atoms with E-state index in [2.05, 4.69) is 135 Å². The van der Waals surface area contributed by atoms with Gasteiger partial charge in [-0.15, -0.1) is 0 Å². The van der Waals surface area contributed by atoms with Crippen molar-refractivity contribution in [3.8, 4) is 5.75 Å². The summed E-state index contributed by atoms with van der Waals surface area (Å²) in [5.41, 5.74) is 1.20. The zero-order chi connectivity index (χ0) is 23.2. The van der Waals surface area contributed by atoms with Gasteiger partial charge in [0, 0.05) is 0 Å². The minimum absolute atomic E-state index is 0.514. The van der Waals surface area contributed by atoms with E-state index in [1.165, 1.54) is 21.5 Å². The van der Waals surface area contributed by atoms with Crippen LogP contribution in [0.2, 0.25) is 0 Å². The third kappa shape index (κ3) is 4.95. The zero-order valence-electron chi connectivity index (χ0n) is 18.5. The van der Waals surface area contributed by atoms with Gasteiger partial charge in [0.05, 0.1) is 0 Å². The molecule has 0 aliphatic heterocycles. The third-order valence-corrected chi connectivity index (χ3v) is 15.8. The average Bonchev–Trinajstić information content (AvgIpc) is 2.85. The van der Waals surface area contributed by atoms with Crippen LogP contribution < -0.4 is 20.7 Å². The summed E-state index contributed by atoms with van der Waals surface area (Å²) in [4.78, 5) is 0. The molecule has 0 atom stereocenters. The maximum atomic E-state index is 5.98. The molecule has 0 fully saturated rings. The molecule has 0 unspecified atom stereocenters. The SMILES string of the molecule is COCCOc1cc(Br)cc(CP(Br)(c2ccccc2)(c2ccccc2)c2ccccc2)c1. The van der Waals surface area contributed by atoms with Gasteiger partial charge in [-0.25, -0.2) is 0 Å². The van der Waals surface area contributed by atoms with Gasteiger partial charge in [-0.1, -0.05) is 0 Å². The number of rotatable bonds is 9. The Hall–Kier alpha value is -1.97. The van der Waals surface area contributed by atoms with Crippen molar-refractivity contribution in [3.63, 3.8) is 0 Å². The van der Waals surface area contributed by atoms with E-state index in [1.807, 2.05) is 6.07 Å². The summed E-state index contributed by atoms with van der Waals surface area (Å²) in [5, 5.41) is 0.825. The normalized spacial score (nSPS) is 12.6. The number of ether oxygens (including phenoxy) is 2. The zero-order valence-corrected chi connectivity index (χ0v) is 22.6. The van der Waals surface area contributed by atoms with Crippen molar-refractivity contribution in [2.75, 3.05) is 20.3 Å². The van der Waals surface area contributed by atoms with Gasteiger partial charge in [-0.05, 0) is 0 Å². The Bertz CT molecular complexity index is 1090. The van der Waals surface area contributed by atoms with Crippen LogP contribution >= 0.6 is 36.7 Å². The summed E-state index contributed by atoms with van der Waals surface area (Å²) in [7, 11) is 1.68. The number of hydrogen-bond acceptors (Lipinski definition) is 2. The van der Waals surface area contributed by atoms with Gasteiger partial charge >= 0.3 is 214 Å². The molecule has 5 heteroatoms. The minimum atomic E-state index is -3.06. The van der Waals surface area contributed by atoms with Gasteiger partial charge < -0.3 is 0 Å². The molecule has 33 heavy (non-hydrogen) atoms. The molecule has 0 heterocycles. The Morgan fingerprint density at radius 2 is 1.15 bits per heavy atom. The van der Waals surface area contributed by atoms with Crippen molar-refractivity contribution in [3.05, 3.63) is 119 Å². The molecule has 0 aliphatic rings. The number of halogens is 2. The Kier molecular flexibility index (Phi) is 7.71. The van der Waals surface area contributed by atoms with Crippen LogP contribution in [0, 0.1) is 0 Å². The van der Waals surface area contributed by atoms with Crippen LogP contribution in [0.3, 0.4) is 0 Å². The van der Waals surface area contributed by atoms with Crippen molar-refractivity contribution in [1.82, 2.24) is 0 Å². The molecule has 4 aromatic carbocycles. The fourth-order valence-corrected chi connectivity index (χ4v) is 12.5. The molecule has 0 bridgehead atoms. The molecule has 4 rings (SSSR count). The Balaban J connectivity index is 1.95. The maximum absolute atomic E-state index is 5.98. The third-order valence-electron chi connectivity index (χ3n) is 5.85. The van der Waals surface area contributed by atoms with Crippen LogP contribution in [0.1, 0.15) is 5.56 Å². The second kappa shape index (κ2) is 10.5. The topological polar surface area (TPSA) is 18.5 Å². The first-order valence-corrected chi connectivity index (χ1v) is 16.1. The molecule has 0 amide bonds. The molecule has 0 aromatic heterocycles. The molecule has 2 nitrogen and oxygen atoms in total. The van der Waals surface area contributed by atoms with E-state index in [0.29, 0.717) is 13.2 Å². The van der Waals surface area contributed by atoms with Crippen LogP contribution in [-0.4, -0.2) is 20.3 Å². The van der Waals surface area contributed by atoms with E-state index in [-0.39, 0.29) is 0 Å². The van der Waals surface area contributed by atoms with Gasteiger partial charge in [0.1, 0.15) is 0 Å². The van der Waals surface area contributed by atoms with Crippen molar-refractivity contribution < 1.29 is 9.47 Å². The fourth-order valence-electron chi connectivity index (χ4n) is 4.32.